The molecule has 1 heterocycles. The molecule has 1 fully saturated rings. The number of carbonyl (C=O) groups is 1. The fraction of sp³-hybridized carbons (Fsp3) is 0.900. The third-order valence-electron chi connectivity index (χ3n) is 2.70. The van der Waals surface area contributed by atoms with Crippen molar-refractivity contribution in [1.29, 1.82) is 0 Å². The minimum Gasteiger partial charge on any atom is -0.480 e. The van der Waals surface area contributed by atoms with E-state index in [0.29, 0.717) is 12.3 Å². The number of aliphatic carboxylic acids is 1. The highest BCUT2D eigenvalue weighted by atomic mass is 32.2. The lowest BCUT2D eigenvalue weighted by Crippen LogP contribution is -2.39. The van der Waals surface area contributed by atoms with E-state index in [2.05, 4.69) is 5.32 Å². The standard InChI is InChI=1S/C10H19NO2S/c1-2-9(10(12)13)11-7-8-3-5-14-6-4-8/h8-9,11H,2-7H2,1H3,(H,12,13). The van der Waals surface area contributed by atoms with Gasteiger partial charge in [0, 0.05) is 0 Å². The summed E-state index contributed by atoms with van der Waals surface area (Å²) in [5, 5.41) is 12.0. The molecule has 0 aliphatic carbocycles. The summed E-state index contributed by atoms with van der Waals surface area (Å²) in [5.74, 6) is 2.43. The van der Waals surface area contributed by atoms with Crippen LogP contribution in [0.25, 0.3) is 0 Å². The first-order valence-corrected chi connectivity index (χ1v) is 6.43. The number of thioether (sulfide) groups is 1. The molecule has 0 aromatic carbocycles. The normalized spacial score (nSPS) is 20.6. The molecule has 14 heavy (non-hydrogen) atoms. The molecule has 82 valence electrons. The molecule has 0 saturated carbocycles. The van der Waals surface area contributed by atoms with Gasteiger partial charge in [-0.05, 0) is 43.2 Å². The Hall–Kier alpha value is -0.220. The van der Waals surface area contributed by atoms with Gasteiger partial charge in [0.15, 0.2) is 0 Å². The Morgan fingerprint density at radius 2 is 2.21 bits per heavy atom. The Balaban J connectivity index is 2.20. The van der Waals surface area contributed by atoms with Crippen LogP contribution in [0.4, 0.5) is 0 Å². The van der Waals surface area contributed by atoms with Crippen LogP contribution in [0.1, 0.15) is 26.2 Å². The maximum Gasteiger partial charge on any atom is 0.320 e. The van der Waals surface area contributed by atoms with Crippen LogP contribution in [0.5, 0.6) is 0 Å². The van der Waals surface area contributed by atoms with Gasteiger partial charge in [0.05, 0.1) is 0 Å². The van der Waals surface area contributed by atoms with E-state index in [1.54, 1.807) is 0 Å². The monoisotopic (exact) mass is 217 g/mol. The molecule has 0 aromatic rings. The van der Waals surface area contributed by atoms with E-state index >= 15 is 0 Å². The van der Waals surface area contributed by atoms with E-state index in [1.807, 2.05) is 18.7 Å². The van der Waals surface area contributed by atoms with Gasteiger partial charge in [-0.3, -0.25) is 4.79 Å². The third kappa shape index (κ3) is 3.88. The van der Waals surface area contributed by atoms with Crippen molar-refractivity contribution >= 4 is 17.7 Å². The van der Waals surface area contributed by atoms with Crippen molar-refractivity contribution in [3.05, 3.63) is 0 Å². The first-order valence-electron chi connectivity index (χ1n) is 5.28. The number of nitrogens with one attached hydrogen (secondary N) is 1. The molecular weight excluding hydrogens is 198 g/mol. The van der Waals surface area contributed by atoms with Gasteiger partial charge >= 0.3 is 5.97 Å². The zero-order valence-corrected chi connectivity index (χ0v) is 9.48. The first-order chi connectivity index (χ1) is 6.74. The van der Waals surface area contributed by atoms with Crippen LogP contribution in [0.15, 0.2) is 0 Å². The summed E-state index contributed by atoms with van der Waals surface area (Å²) in [6.45, 7) is 2.77. The Morgan fingerprint density at radius 3 is 2.71 bits per heavy atom. The molecule has 1 atom stereocenters. The van der Waals surface area contributed by atoms with Gasteiger partial charge in [0.1, 0.15) is 6.04 Å². The summed E-state index contributed by atoms with van der Waals surface area (Å²) < 4.78 is 0. The van der Waals surface area contributed by atoms with Crippen molar-refractivity contribution < 1.29 is 9.90 Å². The summed E-state index contributed by atoms with van der Waals surface area (Å²) in [6, 6.07) is -0.357. The lowest BCUT2D eigenvalue weighted by Gasteiger charge is -2.23. The third-order valence-corrected chi connectivity index (χ3v) is 3.75. The van der Waals surface area contributed by atoms with E-state index in [1.165, 1.54) is 24.3 Å². The lowest BCUT2D eigenvalue weighted by molar-refractivity contribution is -0.139. The molecule has 0 radical (unpaired) electrons. The number of rotatable bonds is 5. The Labute approximate surface area is 89.6 Å². The van der Waals surface area contributed by atoms with Crippen LogP contribution in [0.3, 0.4) is 0 Å². The van der Waals surface area contributed by atoms with Crippen molar-refractivity contribution in [2.45, 2.75) is 32.2 Å². The zero-order valence-electron chi connectivity index (χ0n) is 8.66. The molecule has 0 bridgehead atoms. The Kier molecular flexibility index (Phi) is 5.33. The van der Waals surface area contributed by atoms with Gasteiger partial charge in [-0.2, -0.15) is 11.8 Å². The van der Waals surface area contributed by atoms with Gasteiger partial charge in [-0.25, -0.2) is 0 Å². The largest absolute Gasteiger partial charge is 0.480 e. The van der Waals surface area contributed by atoms with Crippen LogP contribution in [-0.4, -0.2) is 35.2 Å². The van der Waals surface area contributed by atoms with Crippen molar-refractivity contribution in [1.82, 2.24) is 5.32 Å². The van der Waals surface area contributed by atoms with Crippen LogP contribution in [0, 0.1) is 5.92 Å². The van der Waals surface area contributed by atoms with Gasteiger partial charge in [0.2, 0.25) is 0 Å². The number of hydrogen-bond acceptors (Lipinski definition) is 3. The number of carboxylic acids is 1. The molecule has 0 amide bonds. The molecule has 3 nitrogen and oxygen atoms in total. The van der Waals surface area contributed by atoms with E-state index in [9.17, 15) is 4.79 Å². The van der Waals surface area contributed by atoms with E-state index in [-0.39, 0.29) is 6.04 Å². The molecule has 1 saturated heterocycles. The summed E-state index contributed by atoms with van der Waals surface area (Å²) >= 11 is 2.00. The first kappa shape index (κ1) is 11.9. The van der Waals surface area contributed by atoms with Crippen LogP contribution in [0.2, 0.25) is 0 Å². The molecule has 1 rings (SSSR count). The van der Waals surface area contributed by atoms with Gasteiger partial charge in [0.25, 0.3) is 0 Å². The average Bonchev–Trinajstić information content (AvgIpc) is 2.20. The number of hydrogen-bond donors (Lipinski definition) is 2. The molecule has 4 heteroatoms. The van der Waals surface area contributed by atoms with Crippen molar-refractivity contribution in [3.63, 3.8) is 0 Å². The highest BCUT2D eigenvalue weighted by molar-refractivity contribution is 7.99. The summed E-state index contributed by atoms with van der Waals surface area (Å²) in [4.78, 5) is 10.7. The molecule has 1 aliphatic rings. The zero-order chi connectivity index (χ0) is 10.4. The molecule has 2 N–H and O–H groups in total. The Morgan fingerprint density at radius 1 is 1.57 bits per heavy atom. The van der Waals surface area contributed by atoms with E-state index in [4.69, 9.17) is 5.11 Å². The minimum absolute atomic E-state index is 0.357. The molecule has 1 aliphatic heterocycles. The maximum atomic E-state index is 10.7. The SMILES string of the molecule is CCC(NCC1CCSCC1)C(=O)O. The quantitative estimate of drug-likeness (QED) is 0.734. The predicted octanol–water partition coefficient (Wildman–Crippen LogP) is 1.58. The minimum atomic E-state index is -0.724. The highest BCUT2D eigenvalue weighted by Gasteiger charge is 2.18. The topological polar surface area (TPSA) is 49.3 Å². The second-order valence-corrected chi connectivity index (χ2v) is 4.99. The summed E-state index contributed by atoms with van der Waals surface area (Å²) in [7, 11) is 0. The van der Waals surface area contributed by atoms with Crippen molar-refractivity contribution in [2.75, 3.05) is 18.1 Å². The molecule has 1 unspecified atom stereocenters. The van der Waals surface area contributed by atoms with Gasteiger partial charge in [-0.15, -0.1) is 0 Å². The van der Waals surface area contributed by atoms with Crippen molar-refractivity contribution in [2.24, 2.45) is 5.92 Å². The molecular formula is C10H19NO2S. The van der Waals surface area contributed by atoms with Crippen molar-refractivity contribution in [3.8, 4) is 0 Å². The second-order valence-electron chi connectivity index (χ2n) is 3.76. The molecule has 0 aromatic heterocycles. The smallest absolute Gasteiger partial charge is 0.320 e. The predicted molar refractivity (Wildman–Crippen MR) is 59.8 cm³/mol. The maximum absolute atomic E-state index is 10.7. The highest BCUT2D eigenvalue weighted by Crippen LogP contribution is 2.21. The van der Waals surface area contributed by atoms with E-state index < -0.39 is 5.97 Å². The lowest BCUT2D eigenvalue weighted by atomic mass is 10.0. The second kappa shape index (κ2) is 6.30. The Bertz CT molecular complexity index is 181. The summed E-state index contributed by atoms with van der Waals surface area (Å²) in [6.07, 6.45) is 3.12. The summed E-state index contributed by atoms with van der Waals surface area (Å²) in [5.41, 5.74) is 0. The number of carboxylic acid groups (broad SMARTS) is 1. The fourth-order valence-electron chi connectivity index (χ4n) is 1.67. The fourth-order valence-corrected chi connectivity index (χ4v) is 2.87. The van der Waals surface area contributed by atoms with Crippen LogP contribution >= 0.6 is 11.8 Å². The van der Waals surface area contributed by atoms with E-state index in [0.717, 1.165) is 6.54 Å². The van der Waals surface area contributed by atoms with Gasteiger partial charge in [-0.1, -0.05) is 6.92 Å². The molecule has 0 spiro atoms. The van der Waals surface area contributed by atoms with Gasteiger partial charge < -0.3 is 10.4 Å². The van der Waals surface area contributed by atoms with Crippen LogP contribution in [-0.2, 0) is 4.79 Å². The average molecular weight is 217 g/mol. The van der Waals surface area contributed by atoms with Crippen LogP contribution < -0.4 is 5.32 Å².